The Morgan fingerprint density at radius 3 is 2.32 bits per heavy atom. The van der Waals surface area contributed by atoms with Crippen LogP contribution in [-0.2, 0) is 33.6 Å². The molecule has 0 bridgehead atoms. The molecule has 2 unspecified atom stereocenters. The maximum absolute atomic E-state index is 11.9. The Hall–Kier alpha value is -2.15. The van der Waals surface area contributed by atoms with Crippen LogP contribution >= 0.6 is 23.2 Å². The molecule has 0 aliphatic carbocycles. The fourth-order valence-corrected chi connectivity index (χ4v) is 6.29. The van der Waals surface area contributed by atoms with Gasteiger partial charge in [0, 0.05) is 18.3 Å². The molecule has 34 heavy (non-hydrogen) atoms. The van der Waals surface area contributed by atoms with E-state index in [1.54, 1.807) is 30.0 Å². The van der Waals surface area contributed by atoms with Crippen LogP contribution in [0.3, 0.4) is 0 Å². The summed E-state index contributed by atoms with van der Waals surface area (Å²) in [5, 5.41) is 0.583. The third-order valence-electron chi connectivity index (χ3n) is 4.26. The molecule has 0 amide bonds. The van der Waals surface area contributed by atoms with Crippen LogP contribution in [-0.4, -0.2) is 54.2 Å². The molecule has 2 heterocycles. The lowest BCUT2D eigenvalue weighted by Gasteiger charge is -2.16. The maximum Gasteiger partial charge on any atom is 0.488 e. The molecule has 186 valence electrons. The molecule has 3 rings (SSSR count). The van der Waals surface area contributed by atoms with E-state index in [4.69, 9.17) is 25.0 Å². The molecule has 6 N–H and O–H groups in total. The molecule has 3 aromatic rings. The molecule has 0 radical (unpaired) electrons. The number of hydrogen-bond acceptors (Lipinski definition) is 10. The molecule has 0 aliphatic heterocycles. The van der Waals surface area contributed by atoms with Gasteiger partial charge < -0.3 is 39.3 Å². The summed E-state index contributed by atoms with van der Waals surface area (Å²) in [6, 6.07) is 7.20. The van der Waals surface area contributed by atoms with Gasteiger partial charge in [-0.3, -0.25) is 4.57 Å². The minimum Gasteiger partial charge on any atom is -0.497 e. The topological polar surface area (TPSA) is 226 Å². The summed E-state index contributed by atoms with van der Waals surface area (Å²) >= 11 is 0. The van der Waals surface area contributed by atoms with E-state index >= 15 is 0 Å². The van der Waals surface area contributed by atoms with Crippen LogP contribution in [0.1, 0.15) is 0 Å². The van der Waals surface area contributed by atoms with Crippen LogP contribution in [0.4, 0.5) is 5.82 Å². The molecular formula is C16H21N4O11P3. The summed E-state index contributed by atoms with van der Waals surface area (Å²) in [6.07, 6.45) is 1.97. The van der Waals surface area contributed by atoms with E-state index in [1.165, 1.54) is 6.33 Å². The first kappa shape index (κ1) is 26.5. The van der Waals surface area contributed by atoms with Gasteiger partial charge in [-0.05, 0) is 17.7 Å². The second kappa shape index (κ2) is 10.2. The Bertz CT molecular complexity index is 1310. The first-order valence-corrected chi connectivity index (χ1v) is 14.0. The van der Waals surface area contributed by atoms with Crippen LogP contribution in [0, 0.1) is 0 Å². The van der Waals surface area contributed by atoms with Crippen molar-refractivity contribution in [2.45, 2.75) is 6.54 Å². The zero-order valence-corrected chi connectivity index (χ0v) is 20.2. The molecule has 1 aromatic carbocycles. The standard InChI is InChI=1S/C16H21N4O11P3/c1-28-12-4-2-11(3-5-12)13-8-20(16-14(13)15(17)18-9-19-16)6-7-29-10-32(21,22)30-34(26,27)31-33(23,24)25/h2-5,8-9H,6-7,10H2,1H3,(H,21,22)(H,26,27)(H2,17,18,19)(H2,23,24,25). The van der Waals surface area contributed by atoms with E-state index in [0.29, 0.717) is 16.8 Å². The van der Waals surface area contributed by atoms with E-state index in [0.717, 1.165) is 11.1 Å². The number of hydrogen-bond donors (Lipinski definition) is 5. The van der Waals surface area contributed by atoms with Crippen molar-refractivity contribution >= 4 is 40.1 Å². The maximum atomic E-state index is 11.9. The molecule has 15 nitrogen and oxygen atoms in total. The van der Waals surface area contributed by atoms with Crippen molar-refractivity contribution in [2.24, 2.45) is 0 Å². The fraction of sp³-hybridized carbons (Fsp3) is 0.250. The predicted molar refractivity (Wildman–Crippen MR) is 119 cm³/mol. The third-order valence-corrected chi connectivity index (χ3v) is 8.29. The molecule has 0 saturated carbocycles. The average Bonchev–Trinajstić information content (AvgIpc) is 3.08. The van der Waals surface area contributed by atoms with Gasteiger partial charge in [0.1, 0.15) is 29.9 Å². The second-order valence-corrected chi connectivity index (χ2v) is 11.5. The molecular weight excluding hydrogens is 517 g/mol. The van der Waals surface area contributed by atoms with Gasteiger partial charge in [0.25, 0.3) is 0 Å². The monoisotopic (exact) mass is 538 g/mol. The number of fused-ring (bicyclic) bond motifs is 1. The van der Waals surface area contributed by atoms with Crippen LogP contribution in [0.25, 0.3) is 22.2 Å². The van der Waals surface area contributed by atoms with Gasteiger partial charge in [0.15, 0.2) is 0 Å². The van der Waals surface area contributed by atoms with Crippen molar-refractivity contribution in [3.63, 3.8) is 0 Å². The number of nitrogens with zero attached hydrogens (tertiary/aromatic N) is 3. The summed E-state index contributed by atoms with van der Waals surface area (Å²) in [5.74, 6) is 0.909. The van der Waals surface area contributed by atoms with E-state index in [1.807, 2.05) is 12.1 Å². The average molecular weight is 538 g/mol. The van der Waals surface area contributed by atoms with Crippen molar-refractivity contribution in [2.75, 3.05) is 25.8 Å². The summed E-state index contributed by atoms with van der Waals surface area (Å²) < 4.78 is 53.3. The normalized spacial score (nSPS) is 15.7. The molecule has 18 heteroatoms. The van der Waals surface area contributed by atoms with Crippen LogP contribution in [0.2, 0.25) is 0 Å². The van der Waals surface area contributed by atoms with E-state index in [-0.39, 0.29) is 19.0 Å². The smallest absolute Gasteiger partial charge is 0.488 e. The Labute approximate surface area is 192 Å². The number of phosphoric acid groups is 2. The van der Waals surface area contributed by atoms with Crippen molar-refractivity contribution in [3.8, 4) is 16.9 Å². The highest BCUT2D eigenvalue weighted by Crippen LogP contribution is 2.65. The summed E-state index contributed by atoms with van der Waals surface area (Å²) in [7, 11) is -14.3. The largest absolute Gasteiger partial charge is 0.497 e. The predicted octanol–water partition coefficient (Wildman–Crippen LogP) is 2.07. The Balaban J connectivity index is 1.71. The highest BCUT2D eigenvalue weighted by molar-refractivity contribution is 7.68. The Kier molecular flexibility index (Phi) is 7.96. The zero-order valence-electron chi connectivity index (χ0n) is 17.5. The summed E-state index contributed by atoms with van der Waals surface area (Å²) in [6.45, 7) is -0.0440. The van der Waals surface area contributed by atoms with E-state index in [9.17, 15) is 23.5 Å². The minimum absolute atomic E-state index is 0.124. The van der Waals surface area contributed by atoms with E-state index in [2.05, 4.69) is 18.6 Å². The number of methoxy groups -OCH3 is 1. The first-order valence-electron chi connectivity index (χ1n) is 9.24. The van der Waals surface area contributed by atoms with Gasteiger partial charge in [0.05, 0.1) is 19.1 Å². The van der Waals surface area contributed by atoms with Crippen LogP contribution in [0.15, 0.2) is 36.8 Å². The lowest BCUT2D eigenvalue weighted by molar-refractivity contribution is 0.146. The van der Waals surface area contributed by atoms with Crippen molar-refractivity contribution in [1.82, 2.24) is 14.5 Å². The molecule has 0 fully saturated rings. The van der Waals surface area contributed by atoms with Crippen molar-refractivity contribution in [1.29, 1.82) is 0 Å². The number of ether oxygens (including phenoxy) is 2. The van der Waals surface area contributed by atoms with Gasteiger partial charge in [0.2, 0.25) is 0 Å². The van der Waals surface area contributed by atoms with Crippen LogP contribution in [0.5, 0.6) is 5.75 Å². The first-order chi connectivity index (χ1) is 15.8. The number of nitrogens with two attached hydrogens (primary N) is 1. The van der Waals surface area contributed by atoms with Crippen LogP contribution < -0.4 is 10.5 Å². The van der Waals surface area contributed by atoms with Gasteiger partial charge in [-0.25, -0.2) is 23.4 Å². The molecule has 2 atom stereocenters. The van der Waals surface area contributed by atoms with Crippen molar-refractivity contribution < 1.29 is 51.4 Å². The third kappa shape index (κ3) is 6.94. The molecule has 0 saturated heterocycles. The molecule has 2 aromatic heterocycles. The summed E-state index contributed by atoms with van der Waals surface area (Å²) in [4.78, 5) is 44.2. The Morgan fingerprint density at radius 2 is 1.71 bits per heavy atom. The highest BCUT2D eigenvalue weighted by Gasteiger charge is 2.39. The quantitative estimate of drug-likeness (QED) is 0.174. The number of rotatable bonds is 11. The summed E-state index contributed by atoms with van der Waals surface area (Å²) in [5.41, 5.74) is 8.06. The molecule has 0 aliphatic rings. The van der Waals surface area contributed by atoms with Gasteiger partial charge in [-0.1, -0.05) is 12.1 Å². The second-order valence-electron chi connectivity index (χ2n) is 6.72. The van der Waals surface area contributed by atoms with Crippen molar-refractivity contribution in [3.05, 3.63) is 36.8 Å². The SMILES string of the molecule is COc1ccc(-c2cn(CCOCP(=O)(O)OP(=O)(O)OP(=O)(O)O)c3ncnc(N)c23)cc1. The highest BCUT2D eigenvalue weighted by atomic mass is 31.3. The number of benzene rings is 1. The van der Waals surface area contributed by atoms with Gasteiger partial charge in [-0.2, -0.15) is 4.31 Å². The number of nitrogen functional groups attached to an aromatic ring is 1. The lowest BCUT2D eigenvalue weighted by atomic mass is 10.1. The Morgan fingerprint density at radius 1 is 1.03 bits per heavy atom. The number of aromatic nitrogens is 3. The fourth-order valence-electron chi connectivity index (χ4n) is 2.98. The minimum atomic E-state index is -5.52. The molecule has 0 spiro atoms. The number of anilines is 1. The lowest BCUT2D eigenvalue weighted by Crippen LogP contribution is -2.08. The van der Waals surface area contributed by atoms with Gasteiger partial charge in [-0.15, -0.1) is 0 Å². The van der Waals surface area contributed by atoms with E-state index < -0.39 is 29.6 Å². The van der Waals surface area contributed by atoms with Gasteiger partial charge >= 0.3 is 23.2 Å². The zero-order chi connectivity index (χ0) is 25.1.